The van der Waals surface area contributed by atoms with Crippen LogP contribution in [0.5, 0.6) is 0 Å². The summed E-state index contributed by atoms with van der Waals surface area (Å²) in [5.41, 5.74) is 1.09. The summed E-state index contributed by atoms with van der Waals surface area (Å²) in [5, 5.41) is 16.8. The van der Waals surface area contributed by atoms with Crippen molar-refractivity contribution in [3.05, 3.63) is 34.6 Å². The zero-order valence-corrected chi connectivity index (χ0v) is 19.1. The molecule has 1 aliphatic heterocycles. The first-order chi connectivity index (χ1) is 15.3. The summed E-state index contributed by atoms with van der Waals surface area (Å²) in [6.07, 6.45) is 8.79. The summed E-state index contributed by atoms with van der Waals surface area (Å²) in [6.45, 7) is 4.24. The van der Waals surface area contributed by atoms with Gasteiger partial charge in [0.2, 0.25) is 0 Å². The summed E-state index contributed by atoms with van der Waals surface area (Å²) in [4.78, 5) is 33.3. The Hall–Kier alpha value is -2.39. The van der Waals surface area contributed by atoms with Crippen LogP contribution < -0.4 is 0 Å². The van der Waals surface area contributed by atoms with Crippen LogP contribution in [0, 0.1) is 6.92 Å². The lowest BCUT2D eigenvalue weighted by Gasteiger charge is -2.28. The number of nitrogens with zero attached hydrogens (tertiary/aromatic N) is 3. The molecule has 7 nitrogen and oxygen atoms in total. The third kappa shape index (κ3) is 7.06. The van der Waals surface area contributed by atoms with Gasteiger partial charge in [-0.3, -0.25) is 4.90 Å². The number of thiophene rings is 1. The first kappa shape index (κ1) is 24.3. The van der Waals surface area contributed by atoms with Crippen LogP contribution >= 0.6 is 11.3 Å². The quantitative estimate of drug-likeness (QED) is 0.620. The number of aliphatic carboxylic acids is 2. The predicted octanol–water partition coefficient (Wildman–Crippen LogP) is 4.69. The van der Waals surface area contributed by atoms with Crippen LogP contribution in [0.3, 0.4) is 0 Å². The highest BCUT2D eigenvalue weighted by atomic mass is 32.1. The van der Waals surface area contributed by atoms with Gasteiger partial charge >= 0.3 is 11.9 Å². The molecule has 2 aromatic rings. The second kappa shape index (κ2) is 11.5. The molecule has 4 rings (SSSR count). The van der Waals surface area contributed by atoms with E-state index in [1.54, 1.807) is 0 Å². The van der Waals surface area contributed by atoms with Gasteiger partial charge in [0, 0.05) is 35.5 Å². The lowest BCUT2D eigenvalue weighted by atomic mass is 9.88. The fraction of sp³-hybridized carbons (Fsp3) is 0.565. The Morgan fingerprint density at radius 2 is 1.81 bits per heavy atom. The van der Waals surface area contributed by atoms with Gasteiger partial charge in [0.25, 0.3) is 0 Å². The average molecular weight is 464 g/mol. The van der Waals surface area contributed by atoms with Gasteiger partial charge in [-0.1, -0.05) is 19.3 Å². The summed E-state index contributed by atoms with van der Waals surface area (Å²) in [7, 11) is 0. The molecule has 2 N–H and O–H groups in total. The smallest absolute Gasteiger partial charge is 0.328 e. The Bertz CT molecular complexity index is 956. The van der Waals surface area contributed by atoms with Gasteiger partial charge in [-0.2, -0.15) is 0 Å². The van der Waals surface area contributed by atoms with Crippen LogP contribution in [0.1, 0.15) is 67.3 Å². The number of aryl methyl sites for hydroxylation is 1. The van der Waals surface area contributed by atoms with E-state index in [0.29, 0.717) is 31.0 Å². The molecule has 3 heterocycles. The molecule has 1 saturated carbocycles. The molecule has 1 saturated heterocycles. The van der Waals surface area contributed by atoms with Gasteiger partial charge < -0.3 is 10.2 Å². The summed E-state index contributed by atoms with van der Waals surface area (Å²) in [5.74, 6) is -0.973. The largest absolute Gasteiger partial charge is 0.478 e. The third-order valence-electron chi connectivity index (χ3n) is 5.80. The minimum atomic E-state index is -1.26. The molecule has 0 spiro atoms. The van der Waals surface area contributed by atoms with Gasteiger partial charge in [-0.25, -0.2) is 23.9 Å². The Morgan fingerprint density at radius 1 is 1.12 bits per heavy atom. The monoisotopic (exact) mass is 463 g/mol. The summed E-state index contributed by atoms with van der Waals surface area (Å²) < 4.78 is 13.7. The van der Waals surface area contributed by atoms with Crippen LogP contribution in [0.2, 0.25) is 0 Å². The predicted molar refractivity (Wildman–Crippen MR) is 122 cm³/mol. The van der Waals surface area contributed by atoms with Crippen LogP contribution in [-0.2, 0) is 16.1 Å². The molecule has 0 bridgehead atoms. The number of alkyl halides is 1. The molecular formula is C23H30FN3O4S. The van der Waals surface area contributed by atoms with Gasteiger partial charge in [0.1, 0.15) is 16.8 Å². The zero-order valence-electron chi connectivity index (χ0n) is 18.3. The van der Waals surface area contributed by atoms with Crippen molar-refractivity contribution < 1.29 is 24.2 Å². The van der Waals surface area contributed by atoms with Crippen molar-refractivity contribution in [2.45, 2.75) is 70.5 Å². The van der Waals surface area contributed by atoms with Crippen molar-refractivity contribution in [1.82, 2.24) is 14.9 Å². The number of likely N-dealkylation sites (tertiary alicyclic amines) is 1. The van der Waals surface area contributed by atoms with Crippen molar-refractivity contribution in [2.24, 2.45) is 0 Å². The zero-order chi connectivity index (χ0) is 23.1. The van der Waals surface area contributed by atoms with E-state index in [9.17, 15) is 14.0 Å². The van der Waals surface area contributed by atoms with E-state index in [1.807, 2.05) is 18.3 Å². The third-order valence-corrected chi connectivity index (χ3v) is 6.99. The maximum atomic E-state index is 13.7. The highest BCUT2D eigenvalue weighted by molar-refractivity contribution is 7.18. The molecule has 32 heavy (non-hydrogen) atoms. The number of carboxylic acids is 2. The van der Waals surface area contributed by atoms with E-state index in [4.69, 9.17) is 15.2 Å². The maximum Gasteiger partial charge on any atom is 0.328 e. The number of carbonyl (C=O) groups is 2. The van der Waals surface area contributed by atoms with Crippen molar-refractivity contribution in [3.63, 3.8) is 0 Å². The lowest BCUT2D eigenvalue weighted by molar-refractivity contribution is -0.134. The molecular weight excluding hydrogens is 433 g/mol. The fourth-order valence-electron chi connectivity index (χ4n) is 4.32. The van der Waals surface area contributed by atoms with Gasteiger partial charge in [0.15, 0.2) is 0 Å². The number of halogens is 1. The molecule has 2 aliphatic rings. The molecule has 2 fully saturated rings. The second-order valence-electron chi connectivity index (χ2n) is 8.40. The Balaban J connectivity index is 0.000000312. The average Bonchev–Trinajstić information content (AvgIpc) is 3.18. The van der Waals surface area contributed by atoms with Crippen LogP contribution in [0.25, 0.3) is 10.2 Å². The van der Waals surface area contributed by atoms with E-state index >= 15 is 0 Å². The van der Waals surface area contributed by atoms with E-state index in [-0.39, 0.29) is 0 Å². The van der Waals surface area contributed by atoms with Gasteiger partial charge in [-0.05, 0) is 51.1 Å². The molecule has 9 heteroatoms. The molecule has 1 aliphatic carbocycles. The van der Waals surface area contributed by atoms with Crippen LogP contribution in [-0.4, -0.2) is 56.3 Å². The summed E-state index contributed by atoms with van der Waals surface area (Å²) >= 11 is 1.85. The highest BCUT2D eigenvalue weighted by Gasteiger charge is 2.23. The van der Waals surface area contributed by atoms with E-state index < -0.39 is 18.1 Å². The van der Waals surface area contributed by atoms with Crippen molar-refractivity contribution >= 4 is 33.5 Å². The highest BCUT2D eigenvalue weighted by Crippen LogP contribution is 2.39. The molecule has 1 atom stereocenters. The summed E-state index contributed by atoms with van der Waals surface area (Å²) in [6, 6.07) is 2.33. The standard InChI is InChI=1S/C19H26FN3S.C4H4O4/c1-13-21-17(12-23-9-5-8-15(20)11-23)16-10-18(24-19(16)22-13)14-6-3-2-4-7-14;5-3(6)1-2-4(7)8/h10,14-15H,2-9,11-12H2,1H3;1-2H,(H,5,6)(H,7,8). The maximum absolute atomic E-state index is 13.7. The number of aromatic nitrogens is 2. The molecule has 1 unspecified atom stereocenters. The molecule has 0 aromatic carbocycles. The molecule has 2 aromatic heterocycles. The fourth-order valence-corrected chi connectivity index (χ4v) is 5.59. The SMILES string of the molecule is Cc1nc(CN2CCCC(F)C2)c2cc(C3CCCCC3)sc2n1.O=C(O)C=CC(=O)O. The Kier molecular flexibility index (Phi) is 8.69. The van der Waals surface area contributed by atoms with Crippen LogP contribution in [0.4, 0.5) is 4.39 Å². The first-order valence-electron chi connectivity index (χ1n) is 11.1. The first-order valence-corrected chi connectivity index (χ1v) is 11.9. The van der Waals surface area contributed by atoms with E-state index in [2.05, 4.69) is 16.0 Å². The van der Waals surface area contributed by atoms with E-state index in [0.717, 1.165) is 35.9 Å². The number of hydrogen-bond donors (Lipinski definition) is 2. The van der Waals surface area contributed by atoms with Gasteiger partial charge in [0.05, 0.1) is 5.69 Å². The van der Waals surface area contributed by atoms with Crippen LogP contribution in [0.15, 0.2) is 18.2 Å². The number of hydrogen-bond acceptors (Lipinski definition) is 6. The number of carboxylic acid groups (broad SMARTS) is 2. The minimum Gasteiger partial charge on any atom is -0.478 e. The van der Waals surface area contributed by atoms with E-state index in [1.165, 1.54) is 42.4 Å². The molecule has 174 valence electrons. The normalized spacial score (nSPS) is 20.2. The number of rotatable bonds is 5. The van der Waals surface area contributed by atoms with Crippen molar-refractivity contribution in [2.75, 3.05) is 13.1 Å². The number of piperidine rings is 1. The topological polar surface area (TPSA) is 104 Å². The number of fused-ring (bicyclic) bond motifs is 1. The Morgan fingerprint density at radius 3 is 2.44 bits per heavy atom. The van der Waals surface area contributed by atoms with Crippen molar-refractivity contribution in [3.8, 4) is 0 Å². The lowest BCUT2D eigenvalue weighted by Crippen LogP contribution is -2.36. The second-order valence-corrected chi connectivity index (χ2v) is 9.47. The Labute approximate surface area is 191 Å². The molecule has 0 amide bonds. The van der Waals surface area contributed by atoms with Crippen molar-refractivity contribution in [1.29, 1.82) is 0 Å². The van der Waals surface area contributed by atoms with Gasteiger partial charge in [-0.15, -0.1) is 11.3 Å². The minimum absolute atomic E-state index is 0.546. The molecule has 0 radical (unpaired) electrons.